The Balaban J connectivity index is 1.75. The molecule has 2 aliphatic rings. The molecule has 1 aliphatic carbocycles. The van der Waals surface area contributed by atoms with Gasteiger partial charge in [-0.25, -0.2) is 4.99 Å². The van der Waals surface area contributed by atoms with E-state index >= 15 is 0 Å². The van der Waals surface area contributed by atoms with Crippen LogP contribution in [0.3, 0.4) is 0 Å². The minimum atomic E-state index is -0.411. The number of rotatable bonds is 3. The minimum absolute atomic E-state index is 0.0510. The summed E-state index contributed by atoms with van der Waals surface area (Å²) in [4.78, 5) is 28.0. The highest BCUT2D eigenvalue weighted by Gasteiger charge is 2.32. The highest BCUT2D eigenvalue weighted by Crippen LogP contribution is 2.45. The Hall–Kier alpha value is -2.35. The van der Waals surface area contributed by atoms with Crippen molar-refractivity contribution < 1.29 is 4.92 Å². The Bertz CT molecular complexity index is 937. The van der Waals surface area contributed by atoms with Crippen LogP contribution < -0.4 is 5.56 Å². The molecule has 1 aliphatic heterocycles. The van der Waals surface area contributed by atoms with Gasteiger partial charge in [0.05, 0.1) is 26.8 Å². The summed E-state index contributed by atoms with van der Waals surface area (Å²) in [7, 11) is 0. The Labute approximate surface area is 161 Å². The van der Waals surface area contributed by atoms with E-state index in [4.69, 9.17) is 4.99 Å². The molecule has 0 unspecified atom stereocenters. The molecule has 142 valence electrons. The van der Waals surface area contributed by atoms with Crippen LogP contribution in [-0.4, -0.2) is 19.7 Å². The summed E-state index contributed by atoms with van der Waals surface area (Å²) in [5.74, 6) is 0.728. The van der Waals surface area contributed by atoms with Gasteiger partial charge in [-0.3, -0.25) is 24.7 Å². The maximum atomic E-state index is 12.8. The fourth-order valence-electron chi connectivity index (χ4n) is 4.00. The second kappa shape index (κ2) is 7.34. The number of H-pyrrole nitrogens is 1. The first kappa shape index (κ1) is 18.0. The van der Waals surface area contributed by atoms with Crippen LogP contribution in [0.15, 0.2) is 34.1 Å². The van der Waals surface area contributed by atoms with E-state index in [0.29, 0.717) is 5.56 Å². The molecule has 0 bridgehead atoms. The van der Waals surface area contributed by atoms with Gasteiger partial charge in [-0.15, -0.1) is 0 Å². The van der Waals surface area contributed by atoms with Gasteiger partial charge in [-0.05, 0) is 25.3 Å². The van der Waals surface area contributed by atoms with E-state index in [1.165, 1.54) is 49.6 Å². The van der Waals surface area contributed by atoms with Crippen molar-refractivity contribution in [3.8, 4) is 0 Å². The molecule has 1 saturated carbocycles. The number of benzene rings is 1. The van der Waals surface area contributed by atoms with Crippen molar-refractivity contribution in [2.45, 2.75) is 56.7 Å². The van der Waals surface area contributed by atoms with Crippen LogP contribution in [0.5, 0.6) is 0 Å². The minimum Gasteiger partial charge on any atom is -0.268 e. The number of aromatic amines is 1. The highest BCUT2D eigenvalue weighted by atomic mass is 32.2. The number of thioether (sulfide) groups is 1. The predicted molar refractivity (Wildman–Crippen MR) is 107 cm³/mol. The molecule has 2 aromatic rings. The third kappa shape index (κ3) is 3.45. The van der Waals surface area contributed by atoms with Gasteiger partial charge in [0.2, 0.25) is 0 Å². The Morgan fingerprint density at radius 3 is 2.48 bits per heavy atom. The Kier molecular flexibility index (Phi) is 4.90. The van der Waals surface area contributed by atoms with E-state index < -0.39 is 4.92 Å². The average Bonchev–Trinajstić information content (AvgIpc) is 2.84. The van der Waals surface area contributed by atoms with Crippen LogP contribution in [0.4, 0.5) is 11.5 Å². The van der Waals surface area contributed by atoms with E-state index in [2.05, 4.69) is 5.10 Å². The number of nitro groups is 1. The van der Waals surface area contributed by atoms with Crippen LogP contribution in [0, 0.1) is 10.1 Å². The maximum absolute atomic E-state index is 12.8. The molecule has 1 fully saturated rings. The van der Waals surface area contributed by atoms with Crippen LogP contribution in [0.1, 0.15) is 67.9 Å². The van der Waals surface area contributed by atoms with Crippen LogP contribution in [0.25, 0.3) is 0 Å². The number of fused-ring (bicyclic) bond motifs is 1. The average molecular weight is 386 g/mol. The van der Waals surface area contributed by atoms with Gasteiger partial charge in [-0.2, -0.15) is 0 Å². The van der Waals surface area contributed by atoms with Crippen molar-refractivity contribution in [1.82, 2.24) is 9.78 Å². The van der Waals surface area contributed by atoms with E-state index in [1.807, 2.05) is 11.6 Å². The van der Waals surface area contributed by atoms with E-state index in [-0.39, 0.29) is 22.5 Å². The summed E-state index contributed by atoms with van der Waals surface area (Å²) >= 11 is 1.52. The number of nitro benzene ring substituents is 1. The monoisotopic (exact) mass is 386 g/mol. The number of nitrogens with zero attached hydrogens (tertiary/aromatic N) is 3. The lowest BCUT2D eigenvalue weighted by atomic mass is 10.1. The zero-order valence-electron chi connectivity index (χ0n) is 15.2. The van der Waals surface area contributed by atoms with E-state index in [9.17, 15) is 14.9 Å². The van der Waals surface area contributed by atoms with Crippen molar-refractivity contribution in [3.63, 3.8) is 0 Å². The molecule has 4 rings (SSSR count). The normalized spacial score (nSPS) is 20.6. The molecular formula is C19H22N4O3S. The summed E-state index contributed by atoms with van der Waals surface area (Å²) in [5.41, 5.74) is 1.48. The summed E-state index contributed by atoms with van der Waals surface area (Å²) in [6.45, 7) is 1.95. The predicted octanol–water partition coefficient (Wildman–Crippen LogP) is 4.87. The zero-order valence-corrected chi connectivity index (χ0v) is 16.0. The number of aromatic nitrogens is 2. The number of hydrogen-bond acceptors (Lipinski definition) is 5. The Morgan fingerprint density at radius 2 is 1.85 bits per heavy atom. The number of non-ortho nitro benzene ring substituents is 1. The Morgan fingerprint density at radius 1 is 1.19 bits per heavy atom. The topological polar surface area (TPSA) is 93.3 Å². The van der Waals surface area contributed by atoms with Crippen LogP contribution >= 0.6 is 11.8 Å². The number of aliphatic imine (C=N–C) groups is 1. The molecule has 2 heterocycles. The third-order valence-corrected chi connectivity index (χ3v) is 6.52. The third-order valence-electron chi connectivity index (χ3n) is 5.35. The molecule has 0 spiro atoms. The van der Waals surface area contributed by atoms with Gasteiger partial charge in [0.15, 0.2) is 5.82 Å². The second-order valence-corrected chi connectivity index (χ2v) is 8.47. The molecule has 1 N–H and O–H groups in total. The quantitative estimate of drug-likeness (QED) is 0.463. The van der Waals surface area contributed by atoms with Gasteiger partial charge in [-0.1, -0.05) is 49.6 Å². The lowest BCUT2D eigenvalue weighted by Gasteiger charge is -2.23. The van der Waals surface area contributed by atoms with Gasteiger partial charge in [0, 0.05) is 12.1 Å². The van der Waals surface area contributed by atoms with Crippen molar-refractivity contribution in [2.24, 2.45) is 4.99 Å². The SMILES string of the molecule is CC1=Nc2c(c(=O)[nH]n2C2CCCCCC2)[C@H](c2ccc([N+](=O)[O-])cc2)S1. The largest absolute Gasteiger partial charge is 0.271 e. The molecular weight excluding hydrogens is 364 g/mol. The molecule has 7 nitrogen and oxygen atoms in total. The lowest BCUT2D eigenvalue weighted by Crippen LogP contribution is -2.14. The number of nitrogens with one attached hydrogen (secondary N) is 1. The molecule has 1 atom stereocenters. The van der Waals surface area contributed by atoms with Crippen molar-refractivity contribution >= 4 is 28.3 Å². The molecule has 0 saturated heterocycles. The molecule has 1 aromatic carbocycles. The van der Waals surface area contributed by atoms with Crippen LogP contribution in [0.2, 0.25) is 0 Å². The number of hydrogen-bond donors (Lipinski definition) is 1. The van der Waals surface area contributed by atoms with Gasteiger partial charge in [0.25, 0.3) is 11.2 Å². The van der Waals surface area contributed by atoms with Crippen molar-refractivity contribution in [1.29, 1.82) is 0 Å². The van der Waals surface area contributed by atoms with Crippen molar-refractivity contribution in [3.05, 3.63) is 55.9 Å². The smallest absolute Gasteiger partial charge is 0.268 e. The van der Waals surface area contributed by atoms with Gasteiger partial charge >= 0.3 is 0 Å². The fraction of sp³-hybridized carbons (Fsp3) is 0.474. The lowest BCUT2D eigenvalue weighted by molar-refractivity contribution is -0.384. The molecule has 27 heavy (non-hydrogen) atoms. The fourth-order valence-corrected chi connectivity index (χ4v) is 5.10. The standard InChI is InChI=1S/C19H22N4O3S/c1-12-20-18-16(17(27-12)13-8-10-15(11-9-13)23(25)26)19(24)21-22(18)14-6-4-2-3-5-7-14/h8-11,14,17H,2-7H2,1H3,(H,21,24)/t17-/m0/s1. The molecule has 0 amide bonds. The molecule has 8 heteroatoms. The van der Waals surface area contributed by atoms with Crippen LogP contribution in [-0.2, 0) is 0 Å². The van der Waals surface area contributed by atoms with Crippen molar-refractivity contribution in [2.75, 3.05) is 0 Å². The maximum Gasteiger partial charge on any atom is 0.271 e. The first-order chi connectivity index (χ1) is 13.0. The summed E-state index contributed by atoms with van der Waals surface area (Å²) in [6, 6.07) is 6.74. The first-order valence-corrected chi connectivity index (χ1v) is 10.2. The zero-order chi connectivity index (χ0) is 19.0. The van der Waals surface area contributed by atoms with Gasteiger partial charge < -0.3 is 0 Å². The molecule has 0 radical (unpaired) electrons. The van der Waals surface area contributed by atoms with E-state index in [0.717, 1.165) is 29.3 Å². The van der Waals surface area contributed by atoms with E-state index in [1.54, 1.807) is 12.1 Å². The molecule has 1 aromatic heterocycles. The second-order valence-electron chi connectivity index (χ2n) is 7.17. The summed E-state index contributed by atoms with van der Waals surface area (Å²) < 4.78 is 1.98. The summed E-state index contributed by atoms with van der Waals surface area (Å²) in [6.07, 6.45) is 6.94. The first-order valence-electron chi connectivity index (χ1n) is 9.35. The highest BCUT2D eigenvalue weighted by molar-refractivity contribution is 8.14. The summed E-state index contributed by atoms with van der Waals surface area (Å²) in [5, 5.41) is 14.7. The van der Waals surface area contributed by atoms with Gasteiger partial charge in [0.1, 0.15) is 0 Å².